The van der Waals surface area contributed by atoms with Gasteiger partial charge in [0, 0.05) is 41.7 Å². The van der Waals surface area contributed by atoms with Crippen LogP contribution in [0.1, 0.15) is 28.6 Å². The second-order valence-corrected chi connectivity index (χ2v) is 9.28. The molecule has 3 N–H and O–H groups in total. The molecular weight excluding hydrogens is 452 g/mol. The minimum absolute atomic E-state index is 0.239. The largest absolute Gasteiger partial charge is 0.454 e. The number of aromatic nitrogens is 2. The zero-order valence-corrected chi connectivity index (χ0v) is 19.6. The monoisotopic (exact) mass is 476 g/mol. The number of rotatable bonds is 7. The lowest BCUT2D eigenvalue weighted by Gasteiger charge is -2.16. The Bertz CT molecular complexity index is 1380. The quantitative estimate of drug-likeness (QED) is 0.375. The molecule has 3 heterocycles. The molecule has 0 fully saturated rings. The molecule has 8 nitrogen and oxygen atoms in total. The average molecular weight is 477 g/mol. The van der Waals surface area contributed by atoms with E-state index in [-0.39, 0.29) is 18.6 Å². The highest BCUT2D eigenvalue weighted by Gasteiger charge is 2.23. The lowest BCUT2D eigenvalue weighted by molar-refractivity contribution is -0.125. The van der Waals surface area contributed by atoms with E-state index in [9.17, 15) is 9.59 Å². The fourth-order valence-corrected chi connectivity index (χ4v) is 5.05. The predicted octanol–water partition coefficient (Wildman–Crippen LogP) is 3.94. The van der Waals surface area contributed by atoms with Gasteiger partial charge in [-0.1, -0.05) is 24.3 Å². The summed E-state index contributed by atoms with van der Waals surface area (Å²) in [7, 11) is 0. The van der Waals surface area contributed by atoms with Crippen molar-refractivity contribution in [3.05, 3.63) is 70.4 Å². The summed E-state index contributed by atoms with van der Waals surface area (Å²) >= 11 is 1.43. The number of thiazole rings is 1. The molecular formula is C25H24N4O4S. The topological polar surface area (TPSA) is 105 Å². The number of carbonyl (C=O) groups is 2. The van der Waals surface area contributed by atoms with E-state index in [4.69, 9.17) is 9.47 Å². The molecule has 4 aromatic rings. The molecule has 0 spiro atoms. The van der Waals surface area contributed by atoms with E-state index in [1.165, 1.54) is 18.3 Å². The zero-order valence-electron chi connectivity index (χ0n) is 18.8. The predicted molar refractivity (Wildman–Crippen MR) is 130 cm³/mol. The molecule has 1 aliphatic rings. The van der Waals surface area contributed by atoms with Crippen LogP contribution in [-0.4, -0.2) is 34.6 Å². The smallest absolute Gasteiger partial charge is 0.249 e. The van der Waals surface area contributed by atoms with E-state index in [0.29, 0.717) is 18.0 Å². The molecule has 2 amide bonds. The lowest BCUT2D eigenvalue weighted by atomic mass is 10.0. The third-order valence-corrected chi connectivity index (χ3v) is 6.79. The van der Waals surface area contributed by atoms with E-state index < -0.39 is 6.04 Å². The van der Waals surface area contributed by atoms with Gasteiger partial charge in [-0.15, -0.1) is 11.3 Å². The van der Waals surface area contributed by atoms with E-state index in [2.05, 4.69) is 20.6 Å². The van der Waals surface area contributed by atoms with Crippen LogP contribution in [0.2, 0.25) is 0 Å². The van der Waals surface area contributed by atoms with E-state index in [0.717, 1.165) is 44.1 Å². The Kier molecular flexibility index (Phi) is 5.93. The third-order valence-electron chi connectivity index (χ3n) is 5.72. The van der Waals surface area contributed by atoms with Gasteiger partial charge >= 0.3 is 0 Å². The normalized spacial score (nSPS) is 13.1. The van der Waals surface area contributed by atoms with Crippen LogP contribution < -0.4 is 20.1 Å². The first-order valence-corrected chi connectivity index (χ1v) is 11.8. The Hall–Kier alpha value is -3.85. The number of hydrogen-bond acceptors (Lipinski definition) is 6. The van der Waals surface area contributed by atoms with E-state index in [1.54, 1.807) is 0 Å². The van der Waals surface area contributed by atoms with Crippen LogP contribution in [-0.2, 0) is 22.4 Å². The summed E-state index contributed by atoms with van der Waals surface area (Å²) < 4.78 is 10.8. The number of nitrogens with zero attached hydrogens (tertiary/aromatic N) is 1. The Morgan fingerprint density at radius 2 is 2.00 bits per heavy atom. The van der Waals surface area contributed by atoms with Gasteiger partial charge in [0.1, 0.15) is 6.04 Å². The van der Waals surface area contributed by atoms with Gasteiger partial charge in [-0.25, -0.2) is 4.98 Å². The number of benzene rings is 2. The third kappa shape index (κ3) is 4.60. The molecule has 174 valence electrons. The number of aryl methyl sites for hydroxylation is 1. The molecule has 1 atom stereocenters. The summed E-state index contributed by atoms with van der Waals surface area (Å²) in [6.07, 6.45) is 2.91. The van der Waals surface area contributed by atoms with Crippen molar-refractivity contribution in [2.75, 3.05) is 12.1 Å². The van der Waals surface area contributed by atoms with Gasteiger partial charge in [0.25, 0.3) is 0 Å². The van der Waals surface area contributed by atoms with Crippen molar-refractivity contribution in [2.45, 2.75) is 32.7 Å². The van der Waals surface area contributed by atoms with Crippen LogP contribution in [0, 0.1) is 6.92 Å². The second kappa shape index (κ2) is 9.18. The second-order valence-electron chi connectivity index (χ2n) is 8.20. The number of para-hydroxylation sites is 1. The summed E-state index contributed by atoms with van der Waals surface area (Å²) in [4.78, 5) is 33.7. The molecule has 34 heavy (non-hydrogen) atoms. The minimum atomic E-state index is -0.724. The van der Waals surface area contributed by atoms with Crippen LogP contribution in [0.25, 0.3) is 10.9 Å². The number of fused-ring (bicyclic) bond motifs is 2. The molecule has 2 aromatic carbocycles. The molecule has 2 aromatic heterocycles. The number of aromatic amines is 1. The number of anilines is 1. The Morgan fingerprint density at radius 1 is 1.18 bits per heavy atom. The van der Waals surface area contributed by atoms with Crippen molar-refractivity contribution in [1.29, 1.82) is 0 Å². The van der Waals surface area contributed by atoms with Gasteiger partial charge in [-0.05, 0) is 36.2 Å². The summed E-state index contributed by atoms with van der Waals surface area (Å²) in [6, 6.07) is 13.0. The molecule has 1 unspecified atom stereocenters. The van der Waals surface area contributed by atoms with Crippen molar-refractivity contribution >= 4 is 39.2 Å². The van der Waals surface area contributed by atoms with Crippen molar-refractivity contribution in [1.82, 2.24) is 15.3 Å². The maximum Gasteiger partial charge on any atom is 0.249 e. The van der Waals surface area contributed by atoms with Crippen LogP contribution in [0.4, 0.5) is 5.13 Å². The van der Waals surface area contributed by atoms with Gasteiger partial charge in [-0.3, -0.25) is 9.59 Å². The van der Waals surface area contributed by atoms with Gasteiger partial charge < -0.3 is 25.1 Å². The van der Waals surface area contributed by atoms with E-state index in [1.807, 2.05) is 55.6 Å². The lowest BCUT2D eigenvalue weighted by Crippen LogP contribution is -2.44. The maximum absolute atomic E-state index is 13.1. The number of hydrogen-bond donors (Lipinski definition) is 3. The summed E-state index contributed by atoms with van der Waals surface area (Å²) in [6.45, 7) is 3.57. The SMILES string of the molecule is CC(=O)NC(Cc1c[nH]c2ccccc12)C(=O)Nc1nc(C)c(Cc2ccc3c(c2)OCO3)s1. The number of nitrogens with one attached hydrogen (secondary N) is 3. The number of ether oxygens (including phenoxy) is 2. The van der Waals surface area contributed by atoms with Crippen LogP contribution in [0.15, 0.2) is 48.7 Å². The first-order valence-electron chi connectivity index (χ1n) is 10.9. The molecule has 0 radical (unpaired) electrons. The first-order chi connectivity index (χ1) is 16.5. The summed E-state index contributed by atoms with van der Waals surface area (Å²) in [5.41, 5.74) is 3.88. The first kappa shape index (κ1) is 22.0. The van der Waals surface area contributed by atoms with Crippen molar-refractivity contribution in [3.8, 4) is 11.5 Å². The van der Waals surface area contributed by atoms with Crippen molar-refractivity contribution in [3.63, 3.8) is 0 Å². The number of amides is 2. The van der Waals surface area contributed by atoms with Crippen LogP contribution >= 0.6 is 11.3 Å². The fourth-order valence-electron chi connectivity index (χ4n) is 4.05. The standard InChI is InChI=1S/C25H24N4O4S/c1-14-23(10-16-7-8-21-22(9-16)33-13-32-21)34-25(27-14)29-24(31)20(28-15(2)30)11-17-12-26-19-6-4-3-5-18(17)19/h3-9,12,20,26H,10-11,13H2,1-2H3,(H,28,30)(H,27,29,31). The molecule has 0 saturated heterocycles. The molecule has 0 saturated carbocycles. The minimum Gasteiger partial charge on any atom is -0.454 e. The highest BCUT2D eigenvalue weighted by molar-refractivity contribution is 7.15. The zero-order chi connectivity index (χ0) is 23.7. The molecule has 1 aliphatic heterocycles. The highest BCUT2D eigenvalue weighted by Crippen LogP contribution is 2.34. The number of carbonyl (C=O) groups excluding carboxylic acids is 2. The molecule has 0 aliphatic carbocycles. The van der Waals surface area contributed by atoms with E-state index >= 15 is 0 Å². The molecule has 5 rings (SSSR count). The van der Waals surface area contributed by atoms with Crippen LogP contribution in [0.5, 0.6) is 11.5 Å². The van der Waals surface area contributed by atoms with Gasteiger partial charge in [0.05, 0.1) is 5.69 Å². The van der Waals surface area contributed by atoms with Crippen molar-refractivity contribution in [2.24, 2.45) is 0 Å². The fraction of sp³-hybridized carbons (Fsp3) is 0.240. The Labute approximate surface area is 200 Å². The van der Waals surface area contributed by atoms with Gasteiger partial charge in [-0.2, -0.15) is 0 Å². The van der Waals surface area contributed by atoms with Crippen molar-refractivity contribution < 1.29 is 19.1 Å². The average Bonchev–Trinajstić information content (AvgIpc) is 3.52. The van der Waals surface area contributed by atoms with Crippen LogP contribution in [0.3, 0.4) is 0 Å². The number of H-pyrrole nitrogens is 1. The maximum atomic E-state index is 13.1. The molecule has 9 heteroatoms. The molecule has 0 bridgehead atoms. The Balaban J connectivity index is 1.31. The summed E-state index contributed by atoms with van der Waals surface area (Å²) in [5, 5.41) is 7.21. The Morgan fingerprint density at radius 3 is 2.85 bits per heavy atom. The summed E-state index contributed by atoms with van der Waals surface area (Å²) in [5.74, 6) is 0.920. The van der Waals surface area contributed by atoms with Gasteiger partial charge in [0.15, 0.2) is 16.6 Å². The highest BCUT2D eigenvalue weighted by atomic mass is 32.1. The van der Waals surface area contributed by atoms with Gasteiger partial charge in [0.2, 0.25) is 18.6 Å².